The largest absolute Gasteiger partial charge is 0.347 e. The summed E-state index contributed by atoms with van der Waals surface area (Å²) < 4.78 is 39.0. The molecule has 0 aliphatic carbocycles. The Balaban J connectivity index is 2.07. The van der Waals surface area contributed by atoms with E-state index in [0.717, 1.165) is 28.6 Å². The Morgan fingerprint density at radius 1 is 1.31 bits per heavy atom. The lowest BCUT2D eigenvalue weighted by atomic mass is 10.0. The van der Waals surface area contributed by atoms with Crippen LogP contribution in [-0.4, -0.2) is 24.9 Å². The number of benzene rings is 1. The van der Waals surface area contributed by atoms with Gasteiger partial charge in [-0.1, -0.05) is 13.8 Å². The van der Waals surface area contributed by atoms with E-state index in [9.17, 15) is 8.60 Å². The van der Waals surface area contributed by atoms with Crippen LogP contribution in [-0.2, 0) is 24.2 Å². The van der Waals surface area contributed by atoms with Gasteiger partial charge in [0, 0.05) is 48.1 Å². The van der Waals surface area contributed by atoms with Gasteiger partial charge < -0.3 is 4.57 Å². The van der Waals surface area contributed by atoms with Crippen LogP contribution in [0.5, 0.6) is 0 Å². The molecule has 0 fully saturated rings. The highest BCUT2D eigenvalue weighted by atomic mass is 32.2. The van der Waals surface area contributed by atoms with E-state index < -0.39 is 11.3 Å². The number of nitrogens with zero attached hydrogens (tertiary/aromatic N) is 2. The van der Waals surface area contributed by atoms with E-state index in [1.54, 1.807) is 30.6 Å². The Kier molecular flexibility index (Phi) is 5.80. The van der Waals surface area contributed by atoms with Gasteiger partial charge in [-0.25, -0.2) is 13.3 Å². The first-order chi connectivity index (χ1) is 12.5. The van der Waals surface area contributed by atoms with Crippen LogP contribution in [0.1, 0.15) is 19.4 Å². The summed E-state index contributed by atoms with van der Waals surface area (Å²) in [5.74, 6) is 0.155. The van der Waals surface area contributed by atoms with E-state index in [2.05, 4.69) is 28.1 Å². The smallest absolute Gasteiger partial charge is 0.231 e. The van der Waals surface area contributed by atoms with Crippen LogP contribution in [0, 0.1) is 11.7 Å². The van der Waals surface area contributed by atoms with Gasteiger partial charge in [0.05, 0.1) is 0 Å². The standard InChI is InChI=1S/C19H22FN3O2S/c1-13(2)11-23-12-15(5-8-22-26(24)25)17-9-18(20)16(10-19(17)23)14-3-6-21-7-4-14/h3-4,6-7,9-10,12-13,22H,5,8,11H2,1-2H3,(H,24,25). The normalized spacial score (nSPS) is 12.8. The fraction of sp³-hybridized carbons (Fsp3) is 0.316. The topological polar surface area (TPSA) is 67.2 Å². The molecule has 0 saturated carbocycles. The molecule has 2 heterocycles. The van der Waals surface area contributed by atoms with Gasteiger partial charge in [0.2, 0.25) is 11.3 Å². The third-order valence-electron chi connectivity index (χ3n) is 4.23. The zero-order valence-electron chi connectivity index (χ0n) is 14.8. The van der Waals surface area contributed by atoms with Gasteiger partial charge in [0.15, 0.2) is 0 Å². The number of hydrogen-bond acceptors (Lipinski definition) is 2. The number of pyridine rings is 1. The molecule has 7 heteroatoms. The van der Waals surface area contributed by atoms with Crippen LogP contribution in [0.15, 0.2) is 42.9 Å². The lowest BCUT2D eigenvalue weighted by Gasteiger charge is -2.10. The fourth-order valence-corrected chi connectivity index (χ4v) is 3.43. The lowest BCUT2D eigenvalue weighted by molar-refractivity contribution is 0.534. The second kappa shape index (κ2) is 8.07. The lowest BCUT2D eigenvalue weighted by Crippen LogP contribution is -2.18. The highest BCUT2D eigenvalue weighted by Crippen LogP contribution is 2.31. The molecule has 5 nitrogen and oxygen atoms in total. The van der Waals surface area contributed by atoms with E-state index in [1.165, 1.54) is 0 Å². The Hall–Kier alpha value is -2.09. The van der Waals surface area contributed by atoms with Gasteiger partial charge in [0.1, 0.15) is 5.82 Å². The summed E-state index contributed by atoms with van der Waals surface area (Å²) in [6.07, 6.45) is 5.86. The van der Waals surface area contributed by atoms with Crippen molar-refractivity contribution in [3.8, 4) is 11.1 Å². The monoisotopic (exact) mass is 375 g/mol. The van der Waals surface area contributed by atoms with Crippen molar-refractivity contribution in [2.24, 2.45) is 5.92 Å². The maximum Gasteiger partial charge on any atom is 0.231 e. The molecular formula is C19H22FN3O2S. The average molecular weight is 375 g/mol. The van der Waals surface area contributed by atoms with Gasteiger partial charge in [-0.15, -0.1) is 0 Å². The molecule has 3 rings (SSSR count). The van der Waals surface area contributed by atoms with Crippen molar-refractivity contribution >= 4 is 22.2 Å². The average Bonchev–Trinajstić information content (AvgIpc) is 2.90. The molecule has 0 aliphatic heterocycles. The van der Waals surface area contributed by atoms with Crippen LogP contribution < -0.4 is 4.72 Å². The Labute approximate surface area is 154 Å². The molecule has 0 saturated heterocycles. The van der Waals surface area contributed by atoms with Gasteiger partial charge in [-0.2, -0.15) is 0 Å². The summed E-state index contributed by atoms with van der Waals surface area (Å²) in [5.41, 5.74) is 3.26. The highest BCUT2D eigenvalue weighted by molar-refractivity contribution is 7.77. The summed E-state index contributed by atoms with van der Waals surface area (Å²) in [4.78, 5) is 3.99. The Morgan fingerprint density at radius 2 is 2.04 bits per heavy atom. The van der Waals surface area contributed by atoms with Crippen molar-refractivity contribution in [3.05, 3.63) is 54.2 Å². The second-order valence-corrected chi connectivity index (χ2v) is 7.47. The second-order valence-electron chi connectivity index (χ2n) is 6.68. The van der Waals surface area contributed by atoms with Crippen molar-refractivity contribution in [1.82, 2.24) is 14.3 Å². The van der Waals surface area contributed by atoms with Crippen LogP contribution in [0.25, 0.3) is 22.0 Å². The molecule has 0 spiro atoms. The van der Waals surface area contributed by atoms with Gasteiger partial charge >= 0.3 is 0 Å². The minimum Gasteiger partial charge on any atom is -0.347 e. The van der Waals surface area contributed by atoms with E-state index in [4.69, 9.17) is 4.55 Å². The van der Waals surface area contributed by atoms with Gasteiger partial charge in [-0.3, -0.25) is 9.54 Å². The minimum atomic E-state index is -2.05. The van der Waals surface area contributed by atoms with E-state index >= 15 is 0 Å². The molecule has 3 aromatic rings. The predicted molar refractivity (Wildman–Crippen MR) is 102 cm³/mol. The number of nitrogens with one attached hydrogen (secondary N) is 1. The summed E-state index contributed by atoms with van der Waals surface area (Å²) in [5, 5.41) is 0.839. The predicted octanol–water partition coefficient (Wildman–Crippen LogP) is 3.77. The molecule has 0 radical (unpaired) electrons. The summed E-state index contributed by atoms with van der Waals surface area (Å²) in [6.45, 7) is 5.43. The third kappa shape index (κ3) is 4.17. The fourth-order valence-electron chi connectivity index (χ4n) is 3.15. The highest BCUT2D eigenvalue weighted by Gasteiger charge is 2.15. The maximum atomic E-state index is 14.8. The number of hydrogen-bond donors (Lipinski definition) is 2. The molecule has 1 aromatic carbocycles. The first kappa shape index (κ1) is 18.7. The quantitative estimate of drug-likeness (QED) is 0.618. The molecule has 0 bridgehead atoms. The molecule has 138 valence electrons. The summed E-state index contributed by atoms with van der Waals surface area (Å²) >= 11 is -2.05. The first-order valence-electron chi connectivity index (χ1n) is 8.51. The first-order valence-corrected chi connectivity index (χ1v) is 9.62. The van der Waals surface area contributed by atoms with Crippen LogP contribution in [0.4, 0.5) is 4.39 Å². The van der Waals surface area contributed by atoms with Crippen molar-refractivity contribution in [1.29, 1.82) is 0 Å². The summed E-state index contributed by atoms with van der Waals surface area (Å²) in [7, 11) is 0. The van der Waals surface area contributed by atoms with Crippen molar-refractivity contribution in [2.75, 3.05) is 6.54 Å². The minimum absolute atomic E-state index is 0.286. The molecule has 2 aromatic heterocycles. The van der Waals surface area contributed by atoms with Crippen LogP contribution >= 0.6 is 0 Å². The third-order valence-corrected chi connectivity index (χ3v) is 4.68. The van der Waals surface area contributed by atoms with Crippen molar-refractivity contribution in [3.63, 3.8) is 0 Å². The molecular weight excluding hydrogens is 353 g/mol. The number of fused-ring (bicyclic) bond motifs is 1. The number of halogens is 1. The molecule has 1 atom stereocenters. The molecule has 1 unspecified atom stereocenters. The number of rotatable bonds is 7. The maximum absolute atomic E-state index is 14.8. The number of aromatic nitrogens is 2. The van der Waals surface area contributed by atoms with Gasteiger partial charge in [0.25, 0.3) is 0 Å². The molecule has 0 amide bonds. The van der Waals surface area contributed by atoms with E-state index in [0.29, 0.717) is 24.4 Å². The van der Waals surface area contributed by atoms with Gasteiger partial charge in [-0.05, 0) is 47.7 Å². The van der Waals surface area contributed by atoms with E-state index in [-0.39, 0.29) is 5.82 Å². The molecule has 0 aliphatic rings. The zero-order chi connectivity index (χ0) is 18.7. The van der Waals surface area contributed by atoms with Crippen molar-refractivity contribution in [2.45, 2.75) is 26.8 Å². The Morgan fingerprint density at radius 3 is 2.69 bits per heavy atom. The Bertz CT molecular complexity index is 925. The van der Waals surface area contributed by atoms with Crippen LogP contribution in [0.3, 0.4) is 0 Å². The summed E-state index contributed by atoms with van der Waals surface area (Å²) in [6, 6.07) is 7.03. The van der Waals surface area contributed by atoms with E-state index in [1.807, 2.05) is 12.3 Å². The van der Waals surface area contributed by atoms with Crippen molar-refractivity contribution < 1.29 is 13.2 Å². The zero-order valence-corrected chi connectivity index (χ0v) is 15.6. The SMILES string of the molecule is CC(C)Cn1cc(CCNS(=O)O)c2cc(F)c(-c3ccncc3)cc21. The molecule has 2 N–H and O–H groups in total. The van der Waals surface area contributed by atoms with Crippen LogP contribution in [0.2, 0.25) is 0 Å². The molecule has 26 heavy (non-hydrogen) atoms.